The molecule has 0 radical (unpaired) electrons. The highest BCUT2D eigenvalue weighted by molar-refractivity contribution is 5.71. The molecule has 2 bridgehead atoms. The standard InChI is InChI=1S/C10H18N2O/c1-6(12-10(11)13)9-5-7-2-3-8(9)4-7/h6-9H,2-5H2,1H3,(H3,11,12,13)/t6-,7-,8-,9-/m0/s1. The van der Waals surface area contributed by atoms with Gasteiger partial charge in [0.2, 0.25) is 0 Å². The van der Waals surface area contributed by atoms with E-state index < -0.39 is 0 Å². The van der Waals surface area contributed by atoms with Crippen LogP contribution in [0, 0.1) is 17.8 Å². The zero-order valence-electron chi connectivity index (χ0n) is 8.12. The van der Waals surface area contributed by atoms with Crippen LogP contribution in [0.15, 0.2) is 0 Å². The topological polar surface area (TPSA) is 55.1 Å². The largest absolute Gasteiger partial charge is 0.352 e. The lowest BCUT2D eigenvalue weighted by Gasteiger charge is -2.27. The van der Waals surface area contributed by atoms with E-state index >= 15 is 0 Å². The van der Waals surface area contributed by atoms with Gasteiger partial charge in [0, 0.05) is 6.04 Å². The van der Waals surface area contributed by atoms with Gasteiger partial charge in [0.25, 0.3) is 0 Å². The minimum Gasteiger partial charge on any atom is -0.352 e. The van der Waals surface area contributed by atoms with E-state index in [4.69, 9.17) is 5.73 Å². The van der Waals surface area contributed by atoms with E-state index in [1.807, 2.05) is 0 Å². The summed E-state index contributed by atoms with van der Waals surface area (Å²) < 4.78 is 0. The van der Waals surface area contributed by atoms with Gasteiger partial charge in [0.05, 0.1) is 0 Å². The molecule has 13 heavy (non-hydrogen) atoms. The average molecular weight is 182 g/mol. The summed E-state index contributed by atoms with van der Waals surface area (Å²) in [6.07, 6.45) is 5.45. The van der Waals surface area contributed by atoms with Crippen LogP contribution in [0.5, 0.6) is 0 Å². The van der Waals surface area contributed by atoms with Gasteiger partial charge in [-0.1, -0.05) is 6.42 Å². The molecule has 2 rings (SSSR count). The number of nitrogens with one attached hydrogen (secondary N) is 1. The molecule has 0 saturated heterocycles. The van der Waals surface area contributed by atoms with E-state index in [1.165, 1.54) is 25.7 Å². The van der Waals surface area contributed by atoms with E-state index in [0.717, 1.165) is 11.8 Å². The Morgan fingerprint density at radius 3 is 2.69 bits per heavy atom. The third kappa shape index (κ3) is 1.64. The second-order valence-electron chi connectivity index (χ2n) is 4.64. The summed E-state index contributed by atoms with van der Waals surface area (Å²) in [7, 11) is 0. The number of hydrogen-bond donors (Lipinski definition) is 2. The quantitative estimate of drug-likeness (QED) is 0.667. The molecule has 3 nitrogen and oxygen atoms in total. The lowest BCUT2D eigenvalue weighted by atomic mass is 9.84. The zero-order valence-corrected chi connectivity index (χ0v) is 8.12. The normalized spacial score (nSPS) is 39.0. The maximum Gasteiger partial charge on any atom is 0.312 e. The molecule has 2 fully saturated rings. The van der Waals surface area contributed by atoms with Crippen molar-refractivity contribution in [1.82, 2.24) is 5.32 Å². The molecule has 3 heteroatoms. The number of urea groups is 1. The molecule has 0 aliphatic heterocycles. The summed E-state index contributed by atoms with van der Waals surface area (Å²) in [5.41, 5.74) is 5.11. The second kappa shape index (κ2) is 3.20. The van der Waals surface area contributed by atoms with Crippen molar-refractivity contribution in [1.29, 1.82) is 0 Å². The van der Waals surface area contributed by atoms with Crippen LogP contribution in [0.1, 0.15) is 32.6 Å². The van der Waals surface area contributed by atoms with Gasteiger partial charge >= 0.3 is 6.03 Å². The van der Waals surface area contributed by atoms with Gasteiger partial charge in [-0.2, -0.15) is 0 Å². The van der Waals surface area contributed by atoms with Crippen LogP contribution in [0.3, 0.4) is 0 Å². The van der Waals surface area contributed by atoms with Gasteiger partial charge in [-0.25, -0.2) is 4.79 Å². The first-order valence-electron chi connectivity index (χ1n) is 5.22. The van der Waals surface area contributed by atoms with Crippen molar-refractivity contribution in [2.75, 3.05) is 0 Å². The van der Waals surface area contributed by atoms with Crippen LogP contribution >= 0.6 is 0 Å². The van der Waals surface area contributed by atoms with Crippen LogP contribution in [-0.2, 0) is 0 Å². The molecule has 3 N–H and O–H groups in total. The lowest BCUT2D eigenvalue weighted by molar-refractivity contribution is 0.227. The van der Waals surface area contributed by atoms with Crippen molar-refractivity contribution in [2.24, 2.45) is 23.5 Å². The Bertz CT molecular complexity index is 217. The highest BCUT2D eigenvalue weighted by Crippen LogP contribution is 2.49. The van der Waals surface area contributed by atoms with E-state index in [9.17, 15) is 4.79 Å². The van der Waals surface area contributed by atoms with Crippen LogP contribution in [0.4, 0.5) is 4.79 Å². The van der Waals surface area contributed by atoms with Crippen molar-refractivity contribution >= 4 is 6.03 Å². The van der Waals surface area contributed by atoms with Crippen LogP contribution < -0.4 is 11.1 Å². The Kier molecular flexibility index (Phi) is 2.18. The monoisotopic (exact) mass is 182 g/mol. The second-order valence-corrected chi connectivity index (χ2v) is 4.64. The Labute approximate surface area is 79.1 Å². The fourth-order valence-electron chi connectivity index (χ4n) is 3.24. The Balaban J connectivity index is 1.91. The molecule has 0 heterocycles. The molecule has 0 aromatic carbocycles. The first kappa shape index (κ1) is 8.85. The minimum absolute atomic E-state index is 0.271. The highest BCUT2D eigenvalue weighted by atomic mass is 16.2. The highest BCUT2D eigenvalue weighted by Gasteiger charge is 2.41. The Morgan fingerprint density at radius 2 is 2.23 bits per heavy atom. The van der Waals surface area contributed by atoms with E-state index in [1.54, 1.807) is 0 Å². The van der Waals surface area contributed by atoms with Gasteiger partial charge in [0.1, 0.15) is 0 Å². The number of amides is 2. The van der Waals surface area contributed by atoms with Gasteiger partial charge in [0.15, 0.2) is 0 Å². The first-order valence-corrected chi connectivity index (χ1v) is 5.22. The van der Waals surface area contributed by atoms with Gasteiger partial charge < -0.3 is 11.1 Å². The van der Waals surface area contributed by atoms with Gasteiger partial charge in [-0.15, -0.1) is 0 Å². The van der Waals surface area contributed by atoms with Crippen LogP contribution in [0.2, 0.25) is 0 Å². The molecule has 4 atom stereocenters. The smallest absolute Gasteiger partial charge is 0.312 e. The summed E-state index contributed by atoms with van der Waals surface area (Å²) >= 11 is 0. The predicted molar refractivity (Wildman–Crippen MR) is 51.1 cm³/mol. The molecule has 0 aromatic rings. The molecule has 0 spiro atoms. The summed E-state index contributed by atoms with van der Waals surface area (Å²) in [6, 6.07) is -0.108. The summed E-state index contributed by atoms with van der Waals surface area (Å²) in [6.45, 7) is 2.08. The summed E-state index contributed by atoms with van der Waals surface area (Å²) in [5, 5.41) is 2.81. The SMILES string of the molecule is C[C@H](NC(N)=O)[C@@H]1C[C@H]2CC[C@H]1C2. The van der Waals surface area contributed by atoms with Crippen molar-refractivity contribution in [3.63, 3.8) is 0 Å². The average Bonchev–Trinajstić information content (AvgIpc) is 2.62. The fraction of sp³-hybridized carbons (Fsp3) is 0.900. The predicted octanol–water partition coefficient (Wildman–Crippen LogP) is 1.48. The number of nitrogens with two attached hydrogens (primary N) is 1. The minimum atomic E-state index is -0.379. The van der Waals surface area contributed by atoms with E-state index in [0.29, 0.717) is 5.92 Å². The van der Waals surface area contributed by atoms with Gasteiger partial charge in [-0.05, 0) is 43.9 Å². The van der Waals surface area contributed by atoms with E-state index in [-0.39, 0.29) is 12.1 Å². The van der Waals surface area contributed by atoms with Crippen LogP contribution in [-0.4, -0.2) is 12.1 Å². The number of primary amides is 1. The maximum absolute atomic E-state index is 10.7. The molecule has 2 amide bonds. The van der Waals surface area contributed by atoms with Crippen molar-refractivity contribution in [3.8, 4) is 0 Å². The molecule has 0 aromatic heterocycles. The molecule has 2 aliphatic carbocycles. The van der Waals surface area contributed by atoms with Crippen LogP contribution in [0.25, 0.3) is 0 Å². The van der Waals surface area contributed by atoms with Crippen molar-refractivity contribution < 1.29 is 4.79 Å². The maximum atomic E-state index is 10.7. The number of carbonyl (C=O) groups is 1. The Hall–Kier alpha value is -0.730. The number of rotatable bonds is 2. The molecule has 2 aliphatic rings. The zero-order chi connectivity index (χ0) is 9.42. The Morgan fingerprint density at radius 1 is 1.46 bits per heavy atom. The molecular weight excluding hydrogens is 164 g/mol. The summed E-state index contributed by atoms with van der Waals surface area (Å²) in [4.78, 5) is 10.7. The van der Waals surface area contributed by atoms with Gasteiger partial charge in [-0.3, -0.25) is 0 Å². The van der Waals surface area contributed by atoms with Crippen molar-refractivity contribution in [2.45, 2.75) is 38.6 Å². The molecule has 0 unspecified atom stereocenters. The third-order valence-electron chi connectivity index (χ3n) is 3.80. The first-order chi connectivity index (χ1) is 6.16. The van der Waals surface area contributed by atoms with Crippen molar-refractivity contribution in [3.05, 3.63) is 0 Å². The number of hydrogen-bond acceptors (Lipinski definition) is 1. The molecule has 2 saturated carbocycles. The molecule has 74 valence electrons. The molecular formula is C10H18N2O. The lowest BCUT2D eigenvalue weighted by Crippen LogP contribution is -2.42. The summed E-state index contributed by atoms with van der Waals surface area (Å²) in [5.74, 6) is 2.48. The van der Waals surface area contributed by atoms with E-state index in [2.05, 4.69) is 12.2 Å². The fourth-order valence-corrected chi connectivity index (χ4v) is 3.24. The third-order valence-corrected chi connectivity index (χ3v) is 3.80. The number of fused-ring (bicyclic) bond motifs is 2. The number of carbonyl (C=O) groups excluding carboxylic acids is 1.